The van der Waals surface area contributed by atoms with E-state index in [1.54, 1.807) is 10.9 Å². The SMILES string of the molecule is CCC(C)C(=O)OCCn1cnc2c(N)ncnc21. The second kappa shape index (κ2) is 5.64. The first-order valence-electron chi connectivity index (χ1n) is 6.21. The lowest BCUT2D eigenvalue weighted by Crippen LogP contribution is -2.17. The highest BCUT2D eigenvalue weighted by Crippen LogP contribution is 2.13. The number of esters is 1. The fraction of sp³-hybridized carbons (Fsp3) is 0.500. The molecule has 2 aromatic heterocycles. The van der Waals surface area contributed by atoms with Gasteiger partial charge in [-0.05, 0) is 6.42 Å². The van der Waals surface area contributed by atoms with Crippen molar-refractivity contribution in [2.75, 3.05) is 12.3 Å². The lowest BCUT2D eigenvalue weighted by Gasteiger charge is -2.09. The van der Waals surface area contributed by atoms with Gasteiger partial charge in [0, 0.05) is 0 Å². The molecule has 0 aliphatic rings. The van der Waals surface area contributed by atoms with Crippen LogP contribution in [0.3, 0.4) is 0 Å². The summed E-state index contributed by atoms with van der Waals surface area (Å²) in [6.07, 6.45) is 3.78. The quantitative estimate of drug-likeness (QED) is 0.808. The van der Waals surface area contributed by atoms with Crippen molar-refractivity contribution >= 4 is 23.0 Å². The van der Waals surface area contributed by atoms with Crippen LogP contribution >= 0.6 is 0 Å². The summed E-state index contributed by atoms with van der Waals surface area (Å²) in [7, 11) is 0. The number of nitrogen functional groups attached to an aromatic ring is 1. The minimum Gasteiger partial charge on any atom is -0.464 e. The van der Waals surface area contributed by atoms with Crippen molar-refractivity contribution in [3.63, 3.8) is 0 Å². The van der Waals surface area contributed by atoms with Gasteiger partial charge in [0.2, 0.25) is 0 Å². The Morgan fingerprint density at radius 1 is 1.47 bits per heavy atom. The maximum atomic E-state index is 11.5. The van der Waals surface area contributed by atoms with Gasteiger partial charge in [-0.25, -0.2) is 15.0 Å². The molecule has 1 unspecified atom stereocenters. The van der Waals surface area contributed by atoms with Crippen LogP contribution in [0.25, 0.3) is 11.2 Å². The zero-order valence-corrected chi connectivity index (χ0v) is 11.0. The molecule has 0 aromatic carbocycles. The van der Waals surface area contributed by atoms with Crippen molar-refractivity contribution in [1.29, 1.82) is 0 Å². The van der Waals surface area contributed by atoms with Crippen LogP contribution in [0.4, 0.5) is 5.82 Å². The minimum atomic E-state index is -0.180. The van der Waals surface area contributed by atoms with Crippen molar-refractivity contribution in [1.82, 2.24) is 19.5 Å². The molecule has 7 nitrogen and oxygen atoms in total. The molecule has 19 heavy (non-hydrogen) atoms. The Morgan fingerprint density at radius 2 is 2.26 bits per heavy atom. The van der Waals surface area contributed by atoms with E-state index in [-0.39, 0.29) is 11.9 Å². The highest BCUT2D eigenvalue weighted by molar-refractivity contribution is 5.81. The second-order valence-electron chi connectivity index (χ2n) is 4.35. The molecule has 0 saturated carbocycles. The molecule has 2 N–H and O–H groups in total. The molecule has 0 aliphatic carbocycles. The predicted octanol–water partition coefficient (Wildman–Crippen LogP) is 0.998. The summed E-state index contributed by atoms with van der Waals surface area (Å²) in [4.78, 5) is 23.7. The van der Waals surface area contributed by atoms with E-state index in [0.29, 0.717) is 30.1 Å². The number of hydrogen-bond acceptors (Lipinski definition) is 6. The number of nitrogens with two attached hydrogens (primary N) is 1. The molecule has 2 rings (SSSR count). The van der Waals surface area contributed by atoms with Crippen LogP contribution < -0.4 is 5.73 Å². The van der Waals surface area contributed by atoms with Gasteiger partial charge in [-0.15, -0.1) is 0 Å². The lowest BCUT2D eigenvalue weighted by atomic mass is 10.1. The van der Waals surface area contributed by atoms with Gasteiger partial charge in [0.05, 0.1) is 18.8 Å². The molecule has 0 radical (unpaired) electrons. The van der Waals surface area contributed by atoms with Crippen LogP contribution in [-0.2, 0) is 16.1 Å². The van der Waals surface area contributed by atoms with Crippen molar-refractivity contribution in [3.05, 3.63) is 12.7 Å². The lowest BCUT2D eigenvalue weighted by molar-refractivity contribution is -0.148. The Bertz CT molecular complexity index is 581. The zero-order chi connectivity index (χ0) is 13.8. The molecular formula is C12H17N5O2. The molecular weight excluding hydrogens is 246 g/mol. The van der Waals surface area contributed by atoms with E-state index < -0.39 is 0 Å². The van der Waals surface area contributed by atoms with Gasteiger partial charge < -0.3 is 15.0 Å². The van der Waals surface area contributed by atoms with Gasteiger partial charge in [0.15, 0.2) is 11.5 Å². The third-order valence-corrected chi connectivity index (χ3v) is 3.02. The number of anilines is 1. The maximum Gasteiger partial charge on any atom is 0.308 e. The van der Waals surface area contributed by atoms with Crippen LogP contribution in [0.2, 0.25) is 0 Å². The van der Waals surface area contributed by atoms with E-state index in [0.717, 1.165) is 6.42 Å². The predicted molar refractivity (Wildman–Crippen MR) is 70.1 cm³/mol. The summed E-state index contributed by atoms with van der Waals surface area (Å²) in [5, 5.41) is 0. The van der Waals surface area contributed by atoms with Crippen LogP contribution in [0.15, 0.2) is 12.7 Å². The summed E-state index contributed by atoms with van der Waals surface area (Å²) in [5.41, 5.74) is 6.90. The fourth-order valence-electron chi connectivity index (χ4n) is 1.62. The van der Waals surface area contributed by atoms with Crippen molar-refractivity contribution in [3.8, 4) is 0 Å². The molecule has 0 spiro atoms. The number of nitrogens with zero attached hydrogens (tertiary/aromatic N) is 4. The second-order valence-corrected chi connectivity index (χ2v) is 4.35. The van der Waals surface area contributed by atoms with Gasteiger partial charge >= 0.3 is 5.97 Å². The van der Waals surface area contributed by atoms with Crippen LogP contribution in [0, 0.1) is 5.92 Å². The first kappa shape index (κ1) is 13.3. The standard InChI is InChI=1S/C12H17N5O2/c1-3-8(2)12(18)19-5-4-17-7-16-9-10(13)14-6-15-11(9)17/h6-8H,3-5H2,1-2H3,(H2,13,14,15). The molecule has 2 aromatic rings. The molecule has 1 atom stereocenters. The molecule has 2 heterocycles. The molecule has 0 bridgehead atoms. The monoisotopic (exact) mass is 263 g/mol. The normalized spacial score (nSPS) is 12.5. The third-order valence-electron chi connectivity index (χ3n) is 3.02. The number of aromatic nitrogens is 4. The van der Waals surface area contributed by atoms with E-state index in [1.165, 1.54) is 6.33 Å². The summed E-state index contributed by atoms with van der Waals surface area (Å²) >= 11 is 0. The van der Waals surface area contributed by atoms with Gasteiger partial charge in [0.1, 0.15) is 18.5 Å². The topological polar surface area (TPSA) is 95.9 Å². The Kier molecular flexibility index (Phi) is 3.94. The largest absolute Gasteiger partial charge is 0.464 e. The zero-order valence-electron chi connectivity index (χ0n) is 11.0. The van der Waals surface area contributed by atoms with Gasteiger partial charge in [-0.1, -0.05) is 13.8 Å². The number of carbonyl (C=O) groups excluding carboxylic acids is 1. The Balaban J connectivity index is 1.99. The van der Waals surface area contributed by atoms with Gasteiger partial charge in [-0.2, -0.15) is 0 Å². The van der Waals surface area contributed by atoms with E-state index in [9.17, 15) is 4.79 Å². The first-order valence-corrected chi connectivity index (χ1v) is 6.21. The number of rotatable bonds is 5. The summed E-state index contributed by atoms with van der Waals surface area (Å²) < 4.78 is 6.97. The average Bonchev–Trinajstić information content (AvgIpc) is 2.82. The van der Waals surface area contributed by atoms with Crippen molar-refractivity contribution in [2.24, 2.45) is 5.92 Å². The van der Waals surface area contributed by atoms with Gasteiger partial charge in [-0.3, -0.25) is 4.79 Å². The maximum absolute atomic E-state index is 11.5. The summed E-state index contributed by atoms with van der Waals surface area (Å²) in [6, 6.07) is 0. The smallest absolute Gasteiger partial charge is 0.308 e. The highest BCUT2D eigenvalue weighted by atomic mass is 16.5. The van der Waals surface area contributed by atoms with E-state index in [4.69, 9.17) is 10.5 Å². The van der Waals surface area contributed by atoms with E-state index in [2.05, 4.69) is 15.0 Å². The summed E-state index contributed by atoms with van der Waals surface area (Å²) in [6.45, 7) is 4.59. The summed E-state index contributed by atoms with van der Waals surface area (Å²) in [5.74, 6) is 0.0962. The molecule has 0 amide bonds. The number of ether oxygens (including phenoxy) is 1. The Hall–Kier alpha value is -2.18. The fourth-order valence-corrected chi connectivity index (χ4v) is 1.62. The minimum absolute atomic E-state index is 0.0718. The van der Waals surface area contributed by atoms with Crippen LogP contribution in [0.1, 0.15) is 20.3 Å². The van der Waals surface area contributed by atoms with Crippen LogP contribution in [-0.4, -0.2) is 32.1 Å². The highest BCUT2D eigenvalue weighted by Gasteiger charge is 2.12. The van der Waals surface area contributed by atoms with Gasteiger partial charge in [0.25, 0.3) is 0 Å². The number of carbonyl (C=O) groups is 1. The molecule has 7 heteroatoms. The number of fused-ring (bicyclic) bond motifs is 1. The van der Waals surface area contributed by atoms with Crippen LogP contribution in [0.5, 0.6) is 0 Å². The molecule has 0 aliphatic heterocycles. The third kappa shape index (κ3) is 2.81. The van der Waals surface area contributed by atoms with E-state index in [1.807, 2.05) is 13.8 Å². The van der Waals surface area contributed by atoms with E-state index >= 15 is 0 Å². The molecule has 0 fully saturated rings. The number of hydrogen-bond donors (Lipinski definition) is 1. The molecule has 102 valence electrons. The van der Waals surface area contributed by atoms with Crippen molar-refractivity contribution in [2.45, 2.75) is 26.8 Å². The first-order chi connectivity index (χ1) is 9.13. The number of imidazole rings is 1. The van der Waals surface area contributed by atoms with Crippen molar-refractivity contribution < 1.29 is 9.53 Å². The molecule has 0 saturated heterocycles. The average molecular weight is 263 g/mol. The Morgan fingerprint density at radius 3 is 3.00 bits per heavy atom. The Labute approximate surface area is 110 Å².